The molecule has 3 rings (SSSR count). The van der Waals surface area contributed by atoms with Gasteiger partial charge in [0.1, 0.15) is 5.56 Å². The molecule has 1 aliphatic carbocycles. The maximum Gasteiger partial charge on any atom is 0.339 e. The average molecular weight is 364 g/mol. The number of halogens is 1. The van der Waals surface area contributed by atoms with Gasteiger partial charge in [-0.25, -0.2) is 4.79 Å². The molecular formula is C16H18BrN3O2. The SMILES string of the molecule is NC1CCC(Nc2c(C(=O)O)cnc3ccc(Br)cc23)CC1. The second kappa shape index (κ2) is 6.22. The standard InChI is InChI=1S/C16H18BrN3O2/c17-9-1-6-14-12(7-9)15(13(8-19-14)16(21)22)20-11-4-2-10(18)3-5-11/h1,6-8,10-11H,2-5,18H2,(H,19,20)(H,21,22). The molecule has 1 heterocycles. The van der Waals surface area contributed by atoms with Gasteiger partial charge in [0.25, 0.3) is 0 Å². The summed E-state index contributed by atoms with van der Waals surface area (Å²) in [6, 6.07) is 6.21. The Labute approximate surface area is 137 Å². The lowest BCUT2D eigenvalue weighted by Gasteiger charge is -2.28. The van der Waals surface area contributed by atoms with E-state index in [1.54, 1.807) is 0 Å². The maximum atomic E-state index is 11.5. The van der Waals surface area contributed by atoms with Crippen LogP contribution in [0.5, 0.6) is 0 Å². The number of carboxylic acid groups (broad SMARTS) is 1. The van der Waals surface area contributed by atoms with Crippen molar-refractivity contribution >= 4 is 38.5 Å². The van der Waals surface area contributed by atoms with E-state index in [9.17, 15) is 9.90 Å². The minimum Gasteiger partial charge on any atom is -0.478 e. The molecule has 1 saturated carbocycles. The predicted octanol–water partition coefficient (Wildman–Crippen LogP) is 3.38. The number of pyridine rings is 1. The van der Waals surface area contributed by atoms with Gasteiger partial charge in [0.05, 0.1) is 11.2 Å². The van der Waals surface area contributed by atoms with E-state index in [1.807, 2.05) is 18.2 Å². The van der Waals surface area contributed by atoms with Crippen molar-refractivity contribution in [1.82, 2.24) is 4.98 Å². The number of nitrogens with zero attached hydrogens (tertiary/aromatic N) is 1. The quantitative estimate of drug-likeness (QED) is 0.777. The van der Waals surface area contributed by atoms with Crippen molar-refractivity contribution in [2.45, 2.75) is 37.8 Å². The molecule has 0 atom stereocenters. The molecule has 0 unspecified atom stereocenters. The van der Waals surface area contributed by atoms with Crippen LogP contribution in [-0.2, 0) is 0 Å². The number of hydrogen-bond donors (Lipinski definition) is 3. The van der Waals surface area contributed by atoms with Crippen molar-refractivity contribution in [1.29, 1.82) is 0 Å². The van der Waals surface area contributed by atoms with Crippen LogP contribution in [0.3, 0.4) is 0 Å². The number of hydrogen-bond acceptors (Lipinski definition) is 4. The van der Waals surface area contributed by atoms with Crippen LogP contribution in [0.25, 0.3) is 10.9 Å². The highest BCUT2D eigenvalue weighted by Crippen LogP contribution is 2.31. The van der Waals surface area contributed by atoms with Crippen molar-refractivity contribution in [3.63, 3.8) is 0 Å². The van der Waals surface area contributed by atoms with Crippen LogP contribution in [0.1, 0.15) is 36.0 Å². The van der Waals surface area contributed by atoms with E-state index in [0.29, 0.717) is 5.69 Å². The van der Waals surface area contributed by atoms with Crippen molar-refractivity contribution in [2.75, 3.05) is 5.32 Å². The zero-order chi connectivity index (χ0) is 15.7. The molecule has 6 heteroatoms. The van der Waals surface area contributed by atoms with E-state index < -0.39 is 5.97 Å². The monoisotopic (exact) mass is 363 g/mol. The normalized spacial score (nSPS) is 21.7. The van der Waals surface area contributed by atoms with Gasteiger partial charge in [-0.05, 0) is 43.9 Å². The lowest BCUT2D eigenvalue weighted by atomic mass is 9.91. The van der Waals surface area contributed by atoms with Crippen LogP contribution < -0.4 is 11.1 Å². The highest BCUT2D eigenvalue weighted by atomic mass is 79.9. The molecule has 0 spiro atoms. The number of nitrogens with one attached hydrogen (secondary N) is 1. The molecule has 1 aliphatic rings. The van der Waals surface area contributed by atoms with Gasteiger partial charge in [0.15, 0.2) is 0 Å². The Morgan fingerprint density at radius 2 is 2.05 bits per heavy atom. The Bertz CT molecular complexity index is 712. The van der Waals surface area contributed by atoms with E-state index in [-0.39, 0.29) is 17.6 Å². The molecule has 1 fully saturated rings. The number of anilines is 1. The first-order chi connectivity index (χ1) is 10.5. The molecule has 5 nitrogen and oxygen atoms in total. The lowest BCUT2D eigenvalue weighted by Crippen LogP contribution is -2.33. The Morgan fingerprint density at radius 3 is 2.73 bits per heavy atom. The van der Waals surface area contributed by atoms with Gasteiger partial charge in [0.2, 0.25) is 0 Å². The van der Waals surface area contributed by atoms with Crippen LogP contribution in [0, 0.1) is 0 Å². The van der Waals surface area contributed by atoms with Crippen molar-refractivity contribution in [2.24, 2.45) is 5.73 Å². The Balaban J connectivity index is 2.02. The second-order valence-electron chi connectivity index (χ2n) is 5.77. The summed E-state index contributed by atoms with van der Waals surface area (Å²) in [5.41, 5.74) is 7.58. The minimum absolute atomic E-state index is 0.209. The van der Waals surface area contributed by atoms with E-state index in [1.165, 1.54) is 6.20 Å². The number of aromatic carboxylic acids is 1. The molecule has 4 N–H and O–H groups in total. The number of benzene rings is 1. The first-order valence-corrected chi connectivity index (χ1v) is 8.17. The van der Waals surface area contributed by atoms with E-state index in [0.717, 1.165) is 41.1 Å². The summed E-state index contributed by atoms with van der Waals surface area (Å²) in [6.45, 7) is 0. The molecule has 116 valence electrons. The Kier molecular flexibility index (Phi) is 4.31. The molecule has 1 aromatic carbocycles. The summed E-state index contributed by atoms with van der Waals surface area (Å²) in [5, 5.41) is 13.7. The van der Waals surface area contributed by atoms with Gasteiger partial charge >= 0.3 is 5.97 Å². The van der Waals surface area contributed by atoms with Crippen molar-refractivity contribution in [3.8, 4) is 0 Å². The number of aromatic nitrogens is 1. The average Bonchev–Trinajstić information content (AvgIpc) is 2.49. The Morgan fingerprint density at radius 1 is 1.32 bits per heavy atom. The Hall–Kier alpha value is -1.66. The third-order valence-electron chi connectivity index (χ3n) is 4.18. The highest BCUT2D eigenvalue weighted by Gasteiger charge is 2.22. The molecule has 0 radical (unpaired) electrons. The number of rotatable bonds is 3. The number of fused-ring (bicyclic) bond motifs is 1. The fraction of sp³-hybridized carbons (Fsp3) is 0.375. The minimum atomic E-state index is -0.968. The van der Waals surface area contributed by atoms with Crippen LogP contribution in [0.4, 0.5) is 5.69 Å². The molecule has 0 amide bonds. The van der Waals surface area contributed by atoms with Gasteiger partial charge in [-0.1, -0.05) is 15.9 Å². The zero-order valence-electron chi connectivity index (χ0n) is 12.1. The van der Waals surface area contributed by atoms with Gasteiger partial charge < -0.3 is 16.2 Å². The summed E-state index contributed by atoms with van der Waals surface area (Å²) < 4.78 is 0.901. The smallest absolute Gasteiger partial charge is 0.339 e. The number of carboxylic acids is 1. The van der Waals surface area contributed by atoms with Gasteiger partial charge in [-0.2, -0.15) is 0 Å². The molecule has 0 bridgehead atoms. The van der Waals surface area contributed by atoms with Crippen molar-refractivity contribution in [3.05, 3.63) is 34.4 Å². The van der Waals surface area contributed by atoms with Gasteiger partial charge in [-0.3, -0.25) is 4.98 Å². The van der Waals surface area contributed by atoms with E-state index in [2.05, 4.69) is 26.2 Å². The van der Waals surface area contributed by atoms with Crippen LogP contribution >= 0.6 is 15.9 Å². The number of carbonyl (C=O) groups is 1. The fourth-order valence-corrected chi connectivity index (χ4v) is 3.31. The summed E-state index contributed by atoms with van der Waals surface area (Å²) in [7, 11) is 0. The third-order valence-corrected chi connectivity index (χ3v) is 4.67. The molecule has 22 heavy (non-hydrogen) atoms. The molecular weight excluding hydrogens is 346 g/mol. The summed E-state index contributed by atoms with van der Waals surface area (Å²) in [5.74, 6) is -0.968. The van der Waals surface area contributed by atoms with Crippen LogP contribution in [-0.4, -0.2) is 28.1 Å². The lowest BCUT2D eigenvalue weighted by molar-refractivity contribution is 0.0697. The van der Waals surface area contributed by atoms with Gasteiger partial charge in [0, 0.05) is 28.1 Å². The first-order valence-electron chi connectivity index (χ1n) is 7.38. The summed E-state index contributed by atoms with van der Waals surface area (Å²) >= 11 is 3.44. The predicted molar refractivity (Wildman–Crippen MR) is 90.3 cm³/mol. The zero-order valence-corrected chi connectivity index (χ0v) is 13.6. The fourth-order valence-electron chi connectivity index (χ4n) is 2.95. The van der Waals surface area contributed by atoms with E-state index >= 15 is 0 Å². The summed E-state index contributed by atoms with van der Waals surface area (Å²) in [6.07, 6.45) is 5.27. The highest BCUT2D eigenvalue weighted by molar-refractivity contribution is 9.10. The maximum absolute atomic E-state index is 11.5. The van der Waals surface area contributed by atoms with Crippen LogP contribution in [0.15, 0.2) is 28.9 Å². The topological polar surface area (TPSA) is 88.2 Å². The molecule has 1 aromatic heterocycles. The summed E-state index contributed by atoms with van der Waals surface area (Å²) in [4.78, 5) is 15.8. The number of nitrogens with two attached hydrogens (primary N) is 1. The van der Waals surface area contributed by atoms with Crippen molar-refractivity contribution < 1.29 is 9.90 Å². The largest absolute Gasteiger partial charge is 0.478 e. The first kappa shape index (κ1) is 15.2. The van der Waals surface area contributed by atoms with Gasteiger partial charge in [-0.15, -0.1) is 0 Å². The van der Waals surface area contributed by atoms with Crippen LogP contribution in [0.2, 0.25) is 0 Å². The van der Waals surface area contributed by atoms with E-state index in [4.69, 9.17) is 5.73 Å². The molecule has 2 aromatic rings. The third kappa shape index (κ3) is 3.08. The molecule has 0 saturated heterocycles. The second-order valence-corrected chi connectivity index (χ2v) is 6.69. The molecule has 0 aliphatic heterocycles.